The highest BCUT2D eigenvalue weighted by molar-refractivity contribution is 5.98. The van der Waals surface area contributed by atoms with Crippen LogP contribution in [0.4, 0.5) is 16.4 Å². The molecule has 0 aliphatic rings. The quantitative estimate of drug-likeness (QED) is 0.890. The lowest BCUT2D eigenvalue weighted by Crippen LogP contribution is -2.19. The molecule has 112 valence electrons. The van der Waals surface area contributed by atoms with E-state index in [2.05, 4.69) is 22.7 Å². The molecular weight excluding hydrogens is 266 g/mol. The van der Waals surface area contributed by atoms with Crippen LogP contribution in [0.1, 0.15) is 39.0 Å². The standard InChI is InChI=1S/C16H21N3O2/c1-5-11-6-8-12(9-7-11)17-15(20)18-14-10-13(19-21-14)16(2,3)4/h6-10H,5H2,1-4H3,(H2,17,18,20). The Morgan fingerprint density at radius 3 is 2.38 bits per heavy atom. The van der Waals surface area contributed by atoms with E-state index in [0.29, 0.717) is 5.88 Å². The van der Waals surface area contributed by atoms with Crippen molar-refractivity contribution in [1.29, 1.82) is 0 Å². The Hall–Kier alpha value is -2.30. The number of nitrogens with zero attached hydrogens (tertiary/aromatic N) is 1. The van der Waals surface area contributed by atoms with Gasteiger partial charge >= 0.3 is 6.03 Å². The minimum absolute atomic E-state index is 0.115. The van der Waals surface area contributed by atoms with Crippen LogP contribution in [-0.4, -0.2) is 11.2 Å². The third kappa shape index (κ3) is 4.08. The highest BCUT2D eigenvalue weighted by Gasteiger charge is 2.19. The number of urea groups is 1. The number of aryl methyl sites for hydroxylation is 1. The Balaban J connectivity index is 1.96. The fraction of sp³-hybridized carbons (Fsp3) is 0.375. The lowest BCUT2D eigenvalue weighted by atomic mass is 9.92. The van der Waals surface area contributed by atoms with Crippen LogP contribution >= 0.6 is 0 Å². The first-order valence-electron chi connectivity index (χ1n) is 7.02. The van der Waals surface area contributed by atoms with Crippen molar-refractivity contribution in [1.82, 2.24) is 5.16 Å². The van der Waals surface area contributed by atoms with Gasteiger partial charge in [-0.05, 0) is 24.1 Å². The molecule has 1 heterocycles. The largest absolute Gasteiger partial charge is 0.338 e. The van der Waals surface area contributed by atoms with E-state index in [1.54, 1.807) is 6.07 Å². The predicted octanol–water partition coefficient (Wildman–Crippen LogP) is 4.18. The number of nitrogens with one attached hydrogen (secondary N) is 2. The number of amides is 2. The van der Waals surface area contributed by atoms with Crippen LogP contribution in [0.15, 0.2) is 34.9 Å². The Morgan fingerprint density at radius 1 is 1.19 bits per heavy atom. The average Bonchev–Trinajstić information content (AvgIpc) is 2.88. The molecule has 0 unspecified atom stereocenters. The first kappa shape index (κ1) is 15.1. The van der Waals surface area contributed by atoms with Gasteiger partial charge in [-0.2, -0.15) is 0 Å². The van der Waals surface area contributed by atoms with Crippen molar-refractivity contribution in [3.8, 4) is 0 Å². The van der Waals surface area contributed by atoms with Crippen molar-refractivity contribution < 1.29 is 9.32 Å². The number of carbonyl (C=O) groups is 1. The molecule has 2 N–H and O–H groups in total. The molecule has 5 heteroatoms. The van der Waals surface area contributed by atoms with Crippen molar-refractivity contribution in [2.24, 2.45) is 0 Å². The smallest absolute Gasteiger partial charge is 0.326 e. The summed E-state index contributed by atoms with van der Waals surface area (Å²) >= 11 is 0. The second kappa shape index (κ2) is 5.99. The van der Waals surface area contributed by atoms with E-state index in [-0.39, 0.29) is 11.4 Å². The summed E-state index contributed by atoms with van der Waals surface area (Å²) in [6.07, 6.45) is 0.972. The second-order valence-corrected chi connectivity index (χ2v) is 5.96. The number of anilines is 2. The molecule has 0 bridgehead atoms. The molecule has 0 aliphatic carbocycles. The number of benzene rings is 1. The Kier molecular flexibility index (Phi) is 4.31. The summed E-state index contributed by atoms with van der Waals surface area (Å²) in [5.74, 6) is 0.336. The molecule has 21 heavy (non-hydrogen) atoms. The number of aromatic nitrogens is 1. The summed E-state index contributed by atoms with van der Waals surface area (Å²) < 4.78 is 5.11. The van der Waals surface area contributed by atoms with E-state index in [4.69, 9.17) is 4.52 Å². The van der Waals surface area contributed by atoms with Crippen LogP contribution in [0.25, 0.3) is 0 Å². The highest BCUT2D eigenvalue weighted by atomic mass is 16.5. The third-order valence-electron chi connectivity index (χ3n) is 3.14. The number of carbonyl (C=O) groups excluding carboxylic acids is 1. The second-order valence-electron chi connectivity index (χ2n) is 5.96. The Morgan fingerprint density at radius 2 is 1.86 bits per heavy atom. The van der Waals surface area contributed by atoms with Gasteiger partial charge in [-0.25, -0.2) is 4.79 Å². The zero-order valence-corrected chi connectivity index (χ0v) is 12.9. The molecule has 5 nitrogen and oxygen atoms in total. The van der Waals surface area contributed by atoms with Gasteiger partial charge in [0.05, 0.1) is 5.69 Å². The lowest BCUT2D eigenvalue weighted by molar-refractivity contribution is 0.261. The third-order valence-corrected chi connectivity index (χ3v) is 3.14. The highest BCUT2D eigenvalue weighted by Crippen LogP contribution is 2.23. The van der Waals surface area contributed by atoms with Crippen molar-refractivity contribution in [3.05, 3.63) is 41.6 Å². The molecule has 0 atom stereocenters. The maximum Gasteiger partial charge on any atom is 0.326 e. The molecule has 0 spiro atoms. The summed E-state index contributed by atoms with van der Waals surface area (Å²) in [5, 5.41) is 9.34. The average molecular weight is 287 g/mol. The topological polar surface area (TPSA) is 67.2 Å². The van der Waals surface area contributed by atoms with Crippen LogP contribution in [0.2, 0.25) is 0 Å². The van der Waals surface area contributed by atoms with Crippen LogP contribution < -0.4 is 10.6 Å². The van der Waals surface area contributed by atoms with E-state index >= 15 is 0 Å². The van der Waals surface area contributed by atoms with Gasteiger partial charge in [0.15, 0.2) is 0 Å². The van der Waals surface area contributed by atoms with Crippen LogP contribution in [0.5, 0.6) is 0 Å². The number of rotatable bonds is 3. The molecule has 2 aromatic rings. The fourth-order valence-electron chi connectivity index (χ4n) is 1.79. The van der Waals surface area contributed by atoms with E-state index in [0.717, 1.165) is 17.8 Å². The molecule has 1 aromatic heterocycles. The van der Waals surface area contributed by atoms with E-state index < -0.39 is 0 Å². The molecule has 2 rings (SSSR count). The molecule has 2 amide bonds. The zero-order valence-electron chi connectivity index (χ0n) is 12.9. The van der Waals surface area contributed by atoms with Gasteiger partial charge in [0.25, 0.3) is 0 Å². The summed E-state index contributed by atoms with van der Waals surface area (Å²) in [6.45, 7) is 8.18. The number of hydrogen-bond donors (Lipinski definition) is 2. The van der Waals surface area contributed by atoms with Crippen molar-refractivity contribution >= 4 is 17.6 Å². The molecule has 0 fully saturated rings. The van der Waals surface area contributed by atoms with E-state index in [9.17, 15) is 4.79 Å². The maximum absolute atomic E-state index is 11.9. The van der Waals surface area contributed by atoms with Gasteiger partial charge in [0, 0.05) is 17.2 Å². The summed E-state index contributed by atoms with van der Waals surface area (Å²) in [6, 6.07) is 9.11. The van der Waals surface area contributed by atoms with Crippen molar-refractivity contribution in [2.45, 2.75) is 39.5 Å². The monoisotopic (exact) mass is 287 g/mol. The Bertz CT molecular complexity index is 609. The van der Waals surface area contributed by atoms with Gasteiger partial charge in [-0.1, -0.05) is 45.0 Å². The van der Waals surface area contributed by atoms with Gasteiger partial charge in [0.1, 0.15) is 0 Å². The van der Waals surface area contributed by atoms with Gasteiger partial charge in [-0.15, -0.1) is 0 Å². The van der Waals surface area contributed by atoms with Gasteiger partial charge < -0.3 is 9.84 Å². The molecule has 0 radical (unpaired) electrons. The SMILES string of the molecule is CCc1ccc(NC(=O)Nc2cc(C(C)(C)C)no2)cc1. The van der Waals surface area contributed by atoms with Crippen molar-refractivity contribution in [2.75, 3.05) is 10.6 Å². The van der Waals surface area contributed by atoms with Crippen LogP contribution in [0.3, 0.4) is 0 Å². The first-order chi connectivity index (χ1) is 9.88. The predicted molar refractivity (Wildman–Crippen MR) is 83.7 cm³/mol. The van der Waals surface area contributed by atoms with Crippen LogP contribution in [0, 0.1) is 0 Å². The van der Waals surface area contributed by atoms with E-state index in [1.807, 2.05) is 45.0 Å². The maximum atomic E-state index is 11.9. The molecule has 1 aromatic carbocycles. The van der Waals surface area contributed by atoms with Gasteiger partial charge in [0.2, 0.25) is 5.88 Å². The first-order valence-corrected chi connectivity index (χ1v) is 7.02. The Labute approximate surface area is 124 Å². The number of hydrogen-bond acceptors (Lipinski definition) is 3. The molecule has 0 saturated heterocycles. The molecule has 0 aliphatic heterocycles. The lowest BCUT2D eigenvalue weighted by Gasteiger charge is -2.12. The summed E-state index contributed by atoms with van der Waals surface area (Å²) in [5.41, 5.74) is 2.65. The minimum atomic E-state index is -0.351. The summed E-state index contributed by atoms with van der Waals surface area (Å²) in [4.78, 5) is 11.9. The van der Waals surface area contributed by atoms with E-state index in [1.165, 1.54) is 5.56 Å². The molecular formula is C16H21N3O2. The fourth-order valence-corrected chi connectivity index (χ4v) is 1.79. The minimum Gasteiger partial charge on any atom is -0.338 e. The van der Waals surface area contributed by atoms with Gasteiger partial charge in [-0.3, -0.25) is 5.32 Å². The summed E-state index contributed by atoms with van der Waals surface area (Å²) in [7, 11) is 0. The van der Waals surface area contributed by atoms with Crippen molar-refractivity contribution in [3.63, 3.8) is 0 Å². The molecule has 0 saturated carbocycles. The van der Waals surface area contributed by atoms with Crippen LogP contribution in [-0.2, 0) is 11.8 Å². The normalized spacial score (nSPS) is 11.2. The zero-order chi connectivity index (χ0) is 15.5.